The largest absolute Gasteiger partial charge is 0.383 e. The Bertz CT molecular complexity index is 677. The highest BCUT2D eigenvalue weighted by Crippen LogP contribution is 2.19. The molecule has 22 heavy (non-hydrogen) atoms. The molecule has 118 valence electrons. The number of hydrogen-bond acceptors (Lipinski definition) is 3. The molecule has 1 heterocycles. The van der Waals surface area contributed by atoms with Gasteiger partial charge in [0.15, 0.2) is 0 Å². The second kappa shape index (κ2) is 6.19. The van der Waals surface area contributed by atoms with Gasteiger partial charge in [-0.2, -0.15) is 5.10 Å². The van der Waals surface area contributed by atoms with Gasteiger partial charge in [0.1, 0.15) is 5.60 Å². The van der Waals surface area contributed by atoms with Crippen molar-refractivity contribution < 1.29 is 9.90 Å². The number of hydrogen-bond donors (Lipinski definition) is 3. The number of anilines is 1. The van der Waals surface area contributed by atoms with Crippen molar-refractivity contribution in [2.24, 2.45) is 7.05 Å². The zero-order chi connectivity index (χ0) is 16.3. The topological polar surface area (TPSA) is 79.2 Å². The number of aromatic nitrogens is 2. The minimum Gasteiger partial charge on any atom is -0.383 e. The van der Waals surface area contributed by atoms with Gasteiger partial charge in [0, 0.05) is 24.5 Å². The van der Waals surface area contributed by atoms with E-state index in [1.54, 1.807) is 31.0 Å². The van der Waals surface area contributed by atoms with E-state index in [-0.39, 0.29) is 12.6 Å². The summed E-state index contributed by atoms with van der Waals surface area (Å²) in [7, 11) is 1.78. The highest BCUT2D eigenvalue weighted by Gasteiger charge is 2.25. The van der Waals surface area contributed by atoms with Gasteiger partial charge in [0.05, 0.1) is 12.7 Å². The Kier molecular flexibility index (Phi) is 4.51. The first kappa shape index (κ1) is 16.0. The molecule has 2 amide bonds. The quantitative estimate of drug-likeness (QED) is 0.809. The summed E-state index contributed by atoms with van der Waals surface area (Å²) in [6, 6.07) is 5.38. The van der Waals surface area contributed by atoms with Crippen molar-refractivity contribution in [3.8, 4) is 0 Å². The van der Waals surface area contributed by atoms with Gasteiger partial charge in [-0.1, -0.05) is 12.1 Å². The van der Waals surface area contributed by atoms with E-state index in [1.165, 1.54) is 0 Å². The summed E-state index contributed by atoms with van der Waals surface area (Å²) in [6.07, 6.45) is 3.31. The second-order valence-electron chi connectivity index (χ2n) is 5.73. The van der Waals surface area contributed by atoms with Crippen LogP contribution in [0.1, 0.15) is 23.6 Å². The zero-order valence-electron chi connectivity index (χ0n) is 13.3. The van der Waals surface area contributed by atoms with Crippen molar-refractivity contribution in [2.75, 3.05) is 11.9 Å². The van der Waals surface area contributed by atoms with Crippen LogP contribution in [-0.4, -0.2) is 27.5 Å². The molecule has 6 nitrogen and oxygen atoms in total. The Balaban J connectivity index is 1.96. The Hall–Kier alpha value is -2.34. The van der Waals surface area contributed by atoms with Crippen molar-refractivity contribution in [1.82, 2.24) is 15.1 Å². The first-order valence-electron chi connectivity index (χ1n) is 7.12. The first-order chi connectivity index (χ1) is 10.3. The number of carbonyl (C=O) groups is 1. The van der Waals surface area contributed by atoms with Gasteiger partial charge in [0.25, 0.3) is 0 Å². The molecule has 2 rings (SSSR count). The summed E-state index contributed by atoms with van der Waals surface area (Å²) in [5.41, 5.74) is 2.38. The van der Waals surface area contributed by atoms with Gasteiger partial charge in [-0.3, -0.25) is 4.68 Å². The molecular weight excluding hydrogens is 280 g/mol. The Morgan fingerprint density at radius 1 is 1.41 bits per heavy atom. The van der Waals surface area contributed by atoms with E-state index in [2.05, 4.69) is 15.7 Å². The predicted molar refractivity (Wildman–Crippen MR) is 85.7 cm³/mol. The SMILES string of the molecule is Cc1cccc(NC(=O)NCC(C)(O)c2cnn(C)c2)c1C. The van der Waals surface area contributed by atoms with Gasteiger partial charge >= 0.3 is 6.03 Å². The van der Waals surface area contributed by atoms with Crippen molar-refractivity contribution >= 4 is 11.7 Å². The van der Waals surface area contributed by atoms with E-state index in [0.717, 1.165) is 16.8 Å². The lowest BCUT2D eigenvalue weighted by molar-refractivity contribution is 0.0599. The fourth-order valence-electron chi connectivity index (χ4n) is 2.11. The van der Waals surface area contributed by atoms with Crippen molar-refractivity contribution in [3.05, 3.63) is 47.3 Å². The molecule has 1 atom stereocenters. The van der Waals surface area contributed by atoms with Crippen molar-refractivity contribution in [1.29, 1.82) is 0 Å². The summed E-state index contributed by atoms with van der Waals surface area (Å²) in [5, 5.41) is 19.9. The Morgan fingerprint density at radius 3 is 2.77 bits per heavy atom. The number of nitrogens with zero attached hydrogens (tertiary/aromatic N) is 2. The highest BCUT2D eigenvalue weighted by atomic mass is 16.3. The third-order valence-corrected chi connectivity index (χ3v) is 3.77. The van der Waals surface area contributed by atoms with Crippen LogP contribution in [0, 0.1) is 13.8 Å². The Morgan fingerprint density at radius 2 is 2.14 bits per heavy atom. The third-order valence-electron chi connectivity index (χ3n) is 3.77. The lowest BCUT2D eigenvalue weighted by Crippen LogP contribution is -2.40. The van der Waals surface area contributed by atoms with E-state index in [1.807, 2.05) is 32.0 Å². The fourth-order valence-corrected chi connectivity index (χ4v) is 2.11. The molecule has 0 saturated heterocycles. The number of carbonyl (C=O) groups excluding carboxylic acids is 1. The average molecular weight is 302 g/mol. The lowest BCUT2D eigenvalue weighted by atomic mass is 10.00. The van der Waals surface area contributed by atoms with Gasteiger partial charge in [-0.05, 0) is 38.0 Å². The Labute approximate surface area is 130 Å². The molecule has 2 aromatic rings. The minimum absolute atomic E-state index is 0.0926. The molecule has 0 aliphatic carbocycles. The summed E-state index contributed by atoms with van der Waals surface area (Å²) in [5.74, 6) is 0. The van der Waals surface area contributed by atoms with E-state index >= 15 is 0 Å². The normalized spacial score (nSPS) is 13.5. The number of benzene rings is 1. The third kappa shape index (κ3) is 3.65. The van der Waals surface area contributed by atoms with Crippen LogP contribution in [0.2, 0.25) is 0 Å². The molecule has 0 spiro atoms. The van der Waals surface area contributed by atoms with E-state index in [9.17, 15) is 9.90 Å². The molecule has 6 heteroatoms. The molecule has 1 aromatic heterocycles. The monoisotopic (exact) mass is 302 g/mol. The van der Waals surface area contributed by atoms with Crippen LogP contribution < -0.4 is 10.6 Å². The van der Waals surface area contributed by atoms with Gasteiger partial charge in [-0.25, -0.2) is 4.79 Å². The number of aliphatic hydroxyl groups is 1. The molecule has 0 radical (unpaired) electrons. The predicted octanol–water partition coefficient (Wildman–Crippen LogP) is 2.07. The van der Waals surface area contributed by atoms with Crippen LogP contribution in [0.4, 0.5) is 10.5 Å². The summed E-state index contributed by atoms with van der Waals surface area (Å²) in [6.45, 7) is 5.68. The van der Waals surface area contributed by atoms with Crippen LogP contribution in [0.5, 0.6) is 0 Å². The fraction of sp³-hybridized carbons (Fsp3) is 0.375. The van der Waals surface area contributed by atoms with Crippen LogP contribution in [0.15, 0.2) is 30.6 Å². The molecule has 0 aliphatic heterocycles. The van der Waals surface area contributed by atoms with Gasteiger partial charge < -0.3 is 15.7 Å². The smallest absolute Gasteiger partial charge is 0.319 e. The standard InChI is InChI=1S/C16H22N4O2/c1-11-6-5-7-14(12(11)2)19-15(21)17-10-16(3,22)13-8-18-20(4)9-13/h5-9,22H,10H2,1-4H3,(H2,17,19,21). The summed E-state index contributed by atoms with van der Waals surface area (Å²) >= 11 is 0. The van der Waals surface area contributed by atoms with Crippen LogP contribution in [-0.2, 0) is 12.6 Å². The van der Waals surface area contributed by atoms with Crippen molar-refractivity contribution in [3.63, 3.8) is 0 Å². The summed E-state index contributed by atoms with van der Waals surface area (Å²) < 4.78 is 1.61. The second-order valence-corrected chi connectivity index (χ2v) is 5.73. The molecule has 0 bridgehead atoms. The number of rotatable bonds is 4. The molecule has 1 unspecified atom stereocenters. The number of amides is 2. The number of nitrogens with one attached hydrogen (secondary N) is 2. The minimum atomic E-state index is -1.17. The van der Waals surface area contributed by atoms with E-state index in [4.69, 9.17) is 0 Å². The maximum absolute atomic E-state index is 12.0. The highest BCUT2D eigenvalue weighted by molar-refractivity contribution is 5.90. The van der Waals surface area contributed by atoms with Gasteiger partial charge in [-0.15, -0.1) is 0 Å². The van der Waals surface area contributed by atoms with E-state index < -0.39 is 5.60 Å². The molecule has 1 aromatic carbocycles. The molecule has 0 saturated carbocycles. The van der Waals surface area contributed by atoms with Crippen molar-refractivity contribution in [2.45, 2.75) is 26.4 Å². The summed E-state index contributed by atoms with van der Waals surface area (Å²) in [4.78, 5) is 12.0. The van der Waals surface area contributed by atoms with Gasteiger partial charge in [0.2, 0.25) is 0 Å². The molecule has 0 fully saturated rings. The maximum Gasteiger partial charge on any atom is 0.319 e. The van der Waals surface area contributed by atoms with E-state index in [0.29, 0.717) is 5.56 Å². The molecule has 3 N–H and O–H groups in total. The van der Waals surface area contributed by atoms with Crippen LogP contribution in [0.25, 0.3) is 0 Å². The van der Waals surface area contributed by atoms with Crippen LogP contribution >= 0.6 is 0 Å². The zero-order valence-corrected chi connectivity index (χ0v) is 13.3. The average Bonchev–Trinajstić information content (AvgIpc) is 2.89. The molecular formula is C16H22N4O2. The maximum atomic E-state index is 12.0. The number of urea groups is 1. The molecule has 0 aliphatic rings. The number of aryl methyl sites for hydroxylation is 2. The van der Waals surface area contributed by atoms with Crippen LogP contribution in [0.3, 0.4) is 0 Å². The lowest BCUT2D eigenvalue weighted by Gasteiger charge is -2.22. The first-order valence-corrected chi connectivity index (χ1v) is 7.12.